The van der Waals surface area contributed by atoms with Crippen LogP contribution in [0.2, 0.25) is 0 Å². The van der Waals surface area contributed by atoms with Crippen molar-refractivity contribution in [1.29, 1.82) is 0 Å². The quantitative estimate of drug-likeness (QED) is 0.622. The number of anilines is 1. The number of hydrogen-bond acceptors (Lipinski definition) is 6. The van der Waals surface area contributed by atoms with E-state index in [2.05, 4.69) is 9.97 Å². The molecule has 0 aliphatic carbocycles. The van der Waals surface area contributed by atoms with E-state index in [-0.39, 0.29) is 5.95 Å². The number of nitrogens with one attached hydrogen (secondary N) is 1. The van der Waals surface area contributed by atoms with E-state index in [0.29, 0.717) is 44.6 Å². The van der Waals surface area contributed by atoms with Crippen LogP contribution in [0.5, 0.6) is 5.88 Å². The highest BCUT2D eigenvalue weighted by atomic mass is 16.6. The molecule has 2 heterocycles. The minimum absolute atomic E-state index is 0.289. The molecule has 1 saturated heterocycles. The van der Waals surface area contributed by atoms with Crippen molar-refractivity contribution in [2.45, 2.75) is 13.3 Å². The second kappa shape index (κ2) is 5.67. The smallest absolute Gasteiger partial charge is 0.437 e. The number of H-pyrrole nitrogens is 1. The van der Waals surface area contributed by atoms with Gasteiger partial charge >= 0.3 is 11.8 Å². The van der Waals surface area contributed by atoms with Crippen LogP contribution in [0.3, 0.4) is 0 Å². The predicted molar refractivity (Wildman–Crippen MR) is 64.1 cm³/mol. The maximum Gasteiger partial charge on any atom is 0.437 e. The summed E-state index contributed by atoms with van der Waals surface area (Å²) < 4.78 is 10.7. The van der Waals surface area contributed by atoms with E-state index in [1.807, 2.05) is 11.8 Å². The Hall–Kier alpha value is -1.83. The second-order valence-corrected chi connectivity index (χ2v) is 3.92. The summed E-state index contributed by atoms with van der Waals surface area (Å²) in [6.07, 6.45) is 0.823. The topological polar surface area (TPSA) is 93.5 Å². The van der Waals surface area contributed by atoms with Gasteiger partial charge in [-0.1, -0.05) is 6.92 Å². The molecule has 0 unspecified atom stereocenters. The largest absolute Gasteiger partial charge is 0.462 e. The summed E-state index contributed by atoms with van der Waals surface area (Å²) >= 11 is 0. The third-order valence-corrected chi connectivity index (χ3v) is 2.58. The molecule has 0 spiro atoms. The van der Waals surface area contributed by atoms with Crippen LogP contribution in [0, 0.1) is 10.1 Å². The Bertz CT molecular complexity index is 414. The number of nitro groups is 1. The van der Waals surface area contributed by atoms with Crippen LogP contribution in [0.15, 0.2) is 0 Å². The lowest BCUT2D eigenvalue weighted by Crippen LogP contribution is -2.36. The first-order chi connectivity index (χ1) is 8.72. The van der Waals surface area contributed by atoms with Gasteiger partial charge in [-0.15, -0.1) is 0 Å². The lowest BCUT2D eigenvalue weighted by Gasteiger charge is -2.25. The van der Waals surface area contributed by atoms with Crippen molar-refractivity contribution in [1.82, 2.24) is 9.97 Å². The normalized spacial score (nSPS) is 15.7. The Morgan fingerprint density at radius 1 is 1.56 bits per heavy atom. The Kier molecular flexibility index (Phi) is 3.98. The highest BCUT2D eigenvalue weighted by molar-refractivity contribution is 5.52. The molecule has 8 nitrogen and oxygen atoms in total. The molecule has 0 radical (unpaired) electrons. The minimum atomic E-state index is -0.553. The fourth-order valence-electron chi connectivity index (χ4n) is 1.72. The molecular formula is C10H16N4O4. The Labute approximate surface area is 104 Å². The fraction of sp³-hybridized carbons (Fsp3) is 0.700. The molecule has 1 fully saturated rings. The monoisotopic (exact) mass is 256 g/mol. The first-order valence-electron chi connectivity index (χ1n) is 5.92. The van der Waals surface area contributed by atoms with Crippen LogP contribution in [-0.2, 0) is 4.74 Å². The van der Waals surface area contributed by atoms with Crippen molar-refractivity contribution in [2.75, 3.05) is 37.8 Å². The molecule has 18 heavy (non-hydrogen) atoms. The molecule has 0 aromatic carbocycles. The number of imidazole rings is 1. The number of morpholine rings is 1. The maximum absolute atomic E-state index is 10.7. The maximum atomic E-state index is 10.7. The molecule has 1 aliphatic rings. The van der Waals surface area contributed by atoms with Crippen LogP contribution in [-0.4, -0.2) is 47.8 Å². The fourth-order valence-corrected chi connectivity index (χ4v) is 1.72. The van der Waals surface area contributed by atoms with Crippen LogP contribution in [0.25, 0.3) is 0 Å². The highest BCUT2D eigenvalue weighted by Gasteiger charge is 2.27. The summed E-state index contributed by atoms with van der Waals surface area (Å²) in [5.74, 6) is 0.575. The van der Waals surface area contributed by atoms with Gasteiger partial charge in [0.2, 0.25) is 0 Å². The zero-order valence-corrected chi connectivity index (χ0v) is 10.2. The molecule has 1 N–H and O–H groups in total. The molecular weight excluding hydrogens is 240 g/mol. The first kappa shape index (κ1) is 12.6. The van der Waals surface area contributed by atoms with Gasteiger partial charge in [-0.05, 0) is 16.3 Å². The lowest BCUT2D eigenvalue weighted by atomic mass is 10.4. The molecule has 8 heteroatoms. The summed E-state index contributed by atoms with van der Waals surface area (Å²) in [7, 11) is 0. The molecule has 0 amide bonds. The number of aromatic amines is 1. The van der Waals surface area contributed by atoms with Crippen LogP contribution >= 0.6 is 0 Å². The van der Waals surface area contributed by atoms with Gasteiger partial charge in [0.1, 0.15) is 0 Å². The molecule has 0 saturated carbocycles. The van der Waals surface area contributed by atoms with Gasteiger partial charge < -0.3 is 24.5 Å². The van der Waals surface area contributed by atoms with Crippen molar-refractivity contribution < 1.29 is 14.4 Å². The molecule has 0 bridgehead atoms. The Morgan fingerprint density at radius 3 is 2.89 bits per heavy atom. The van der Waals surface area contributed by atoms with Gasteiger partial charge in [0, 0.05) is 13.1 Å². The molecule has 1 aromatic rings. The van der Waals surface area contributed by atoms with Gasteiger partial charge in [-0.2, -0.15) is 0 Å². The van der Waals surface area contributed by atoms with Crippen LogP contribution in [0.4, 0.5) is 11.8 Å². The van der Waals surface area contributed by atoms with Gasteiger partial charge in [-0.3, -0.25) is 0 Å². The second-order valence-electron chi connectivity index (χ2n) is 3.92. The van der Waals surface area contributed by atoms with Crippen molar-refractivity contribution in [3.63, 3.8) is 0 Å². The first-order valence-corrected chi connectivity index (χ1v) is 5.92. The standard InChI is InChI=1S/C10H16N4O4/c1-2-5-18-9-8(11-10(12-9)14(15)16)13-3-6-17-7-4-13/h2-7H2,1H3,(H,11,12). The SMILES string of the molecule is CCCOc1nc([N+](=O)[O-])[nH]c1N1CCOCC1. The summed E-state index contributed by atoms with van der Waals surface area (Å²) in [4.78, 5) is 18.7. The van der Waals surface area contributed by atoms with E-state index in [9.17, 15) is 10.1 Å². The number of nitrogens with zero attached hydrogens (tertiary/aromatic N) is 3. The van der Waals surface area contributed by atoms with Gasteiger partial charge in [0.05, 0.1) is 19.8 Å². The predicted octanol–water partition coefficient (Wildman–Crippen LogP) is 0.943. The zero-order chi connectivity index (χ0) is 13.0. The summed E-state index contributed by atoms with van der Waals surface area (Å²) in [5, 5.41) is 10.7. The average Bonchev–Trinajstić information content (AvgIpc) is 2.81. The molecule has 100 valence electrons. The molecule has 1 aromatic heterocycles. The highest BCUT2D eigenvalue weighted by Crippen LogP contribution is 2.29. The molecule has 0 atom stereocenters. The van der Waals surface area contributed by atoms with Gasteiger partial charge in [0.25, 0.3) is 5.82 Å². The van der Waals surface area contributed by atoms with Crippen LogP contribution < -0.4 is 9.64 Å². The summed E-state index contributed by atoms with van der Waals surface area (Å²) in [6, 6.07) is 0. The third kappa shape index (κ3) is 2.70. The Balaban J connectivity index is 2.21. The minimum Gasteiger partial charge on any atom is -0.462 e. The van der Waals surface area contributed by atoms with Crippen molar-refractivity contribution in [2.24, 2.45) is 0 Å². The van der Waals surface area contributed by atoms with Crippen molar-refractivity contribution >= 4 is 11.8 Å². The molecule has 2 rings (SSSR count). The van der Waals surface area contributed by atoms with E-state index in [0.717, 1.165) is 6.42 Å². The van der Waals surface area contributed by atoms with E-state index in [1.54, 1.807) is 0 Å². The Morgan fingerprint density at radius 2 is 2.28 bits per heavy atom. The summed E-state index contributed by atoms with van der Waals surface area (Å²) in [6.45, 7) is 4.98. The number of aromatic nitrogens is 2. The lowest BCUT2D eigenvalue weighted by molar-refractivity contribution is -0.393. The van der Waals surface area contributed by atoms with Crippen molar-refractivity contribution in [3.05, 3.63) is 10.1 Å². The van der Waals surface area contributed by atoms with E-state index < -0.39 is 4.92 Å². The zero-order valence-electron chi connectivity index (χ0n) is 10.2. The number of rotatable bonds is 5. The van der Waals surface area contributed by atoms with Gasteiger partial charge in [-0.25, -0.2) is 4.98 Å². The van der Waals surface area contributed by atoms with Crippen LogP contribution in [0.1, 0.15) is 13.3 Å². The van der Waals surface area contributed by atoms with E-state index in [1.165, 1.54) is 0 Å². The van der Waals surface area contributed by atoms with Crippen molar-refractivity contribution in [3.8, 4) is 5.88 Å². The van der Waals surface area contributed by atoms with E-state index >= 15 is 0 Å². The van der Waals surface area contributed by atoms with Gasteiger partial charge in [0.15, 0.2) is 0 Å². The van der Waals surface area contributed by atoms with E-state index in [4.69, 9.17) is 9.47 Å². The number of ether oxygens (including phenoxy) is 2. The molecule has 1 aliphatic heterocycles. The average molecular weight is 256 g/mol. The third-order valence-electron chi connectivity index (χ3n) is 2.58. The summed E-state index contributed by atoms with van der Waals surface area (Å²) in [5.41, 5.74) is 0. The number of hydrogen-bond donors (Lipinski definition) is 1.